The van der Waals surface area contributed by atoms with Crippen molar-refractivity contribution in [3.8, 4) is 0 Å². The van der Waals surface area contributed by atoms with Crippen LogP contribution in [0.2, 0.25) is 0 Å². The molecular formula is C13H23N3O2. The van der Waals surface area contributed by atoms with Crippen LogP contribution in [0.5, 0.6) is 0 Å². The van der Waals surface area contributed by atoms with Gasteiger partial charge in [-0.2, -0.15) is 0 Å². The lowest BCUT2D eigenvalue weighted by Gasteiger charge is -2.31. The van der Waals surface area contributed by atoms with E-state index >= 15 is 0 Å². The summed E-state index contributed by atoms with van der Waals surface area (Å²) in [5.74, 6) is 0.944. The highest BCUT2D eigenvalue weighted by atomic mass is 16.5. The average molecular weight is 253 g/mol. The highest BCUT2D eigenvalue weighted by Gasteiger charge is 2.20. The van der Waals surface area contributed by atoms with Crippen LogP contribution >= 0.6 is 0 Å². The molecule has 1 aromatic heterocycles. The quantitative estimate of drug-likeness (QED) is 0.830. The predicted octanol–water partition coefficient (Wildman–Crippen LogP) is 1.39. The number of ether oxygens (including phenoxy) is 1. The van der Waals surface area contributed by atoms with Crippen LogP contribution in [-0.2, 0) is 17.8 Å². The van der Waals surface area contributed by atoms with Crippen LogP contribution in [-0.4, -0.2) is 42.4 Å². The van der Waals surface area contributed by atoms with Crippen molar-refractivity contribution in [3.05, 3.63) is 17.5 Å². The first kappa shape index (κ1) is 13.5. The van der Waals surface area contributed by atoms with Crippen molar-refractivity contribution in [3.63, 3.8) is 0 Å². The minimum atomic E-state index is 0.364. The van der Waals surface area contributed by atoms with Crippen molar-refractivity contribution < 1.29 is 9.26 Å². The smallest absolute Gasteiger partial charge is 0.151 e. The molecule has 1 saturated heterocycles. The van der Waals surface area contributed by atoms with Crippen molar-refractivity contribution in [2.45, 2.75) is 39.5 Å². The first-order valence-electron chi connectivity index (χ1n) is 6.81. The molecule has 0 aliphatic carbocycles. The molecule has 5 heteroatoms. The Hall–Kier alpha value is -0.910. The van der Waals surface area contributed by atoms with Gasteiger partial charge >= 0.3 is 0 Å². The Balaban J connectivity index is 1.83. The Morgan fingerprint density at radius 2 is 2.39 bits per heavy atom. The Bertz CT molecular complexity index is 354. The molecule has 102 valence electrons. The summed E-state index contributed by atoms with van der Waals surface area (Å²) < 4.78 is 11.0. The van der Waals surface area contributed by atoms with Crippen LogP contribution in [0.15, 0.2) is 10.6 Å². The second kappa shape index (κ2) is 6.87. The summed E-state index contributed by atoms with van der Waals surface area (Å²) in [6.45, 7) is 9.58. The van der Waals surface area contributed by atoms with Gasteiger partial charge in [-0.15, -0.1) is 0 Å². The van der Waals surface area contributed by atoms with E-state index in [9.17, 15) is 0 Å². The minimum absolute atomic E-state index is 0.364. The van der Waals surface area contributed by atoms with Gasteiger partial charge in [-0.1, -0.05) is 19.0 Å². The lowest BCUT2D eigenvalue weighted by molar-refractivity contribution is -0.0346. The van der Waals surface area contributed by atoms with Crippen LogP contribution in [0.25, 0.3) is 0 Å². The number of rotatable bonds is 6. The fraction of sp³-hybridized carbons (Fsp3) is 0.769. The van der Waals surface area contributed by atoms with Gasteiger partial charge in [-0.05, 0) is 13.0 Å². The number of morpholine rings is 1. The van der Waals surface area contributed by atoms with Gasteiger partial charge < -0.3 is 14.6 Å². The fourth-order valence-electron chi connectivity index (χ4n) is 2.16. The molecular weight excluding hydrogens is 230 g/mol. The SMILES string of the molecule is CCNCc1cc(CN2CCOC(CC)C2)on1. The average Bonchev–Trinajstić information content (AvgIpc) is 2.84. The monoisotopic (exact) mass is 253 g/mol. The van der Waals surface area contributed by atoms with Crippen molar-refractivity contribution >= 4 is 0 Å². The highest BCUT2D eigenvalue weighted by molar-refractivity contribution is 5.05. The van der Waals surface area contributed by atoms with E-state index in [4.69, 9.17) is 9.26 Å². The zero-order valence-corrected chi connectivity index (χ0v) is 11.3. The largest absolute Gasteiger partial charge is 0.376 e. The van der Waals surface area contributed by atoms with Crippen LogP contribution in [0, 0.1) is 0 Å². The second-order valence-corrected chi connectivity index (χ2v) is 4.70. The van der Waals surface area contributed by atoms with Crippen molar-refractivity contribution in [2.24, 2.45) is 0 Å². The van der Waals surface area contributed by atoms with Crippen LogP contribution in [0.1, 0.15) is 31.7 Å². The summed E-state index contributed by atoms with van der Waals surface area (Å²) in [5, 5.41) is 7.30. The summed E-state index contributed by atoms with van der Waals surface area (Å²) in [5.41, 5.74) is 0.979. The predicted molar refractivity (Wildman–Crippen MR) is 69.2 cm³/mol. The zero-order chi connectivity index (χ0) is 12.8. The van der Waals surface area contributed by atoms with Crippen molar-refractivity contribution in [1.82, 2.24) is 15.4 Å². The maximum absolute atomic E-state index is 5.66. The molecule has 1 fully saturated rings. The van der Waals surface area contributed by atoms with E-state index in [1.807, 2.05) is 6.07 Å². The van der Waals surface area contributed by atoms with E-state index < -0.39 is 0 Å². The molecule has 0 spiro atoms. The van der Waals surface area contributed by atoms with Crippen LogP contribution < -0.4 is 5.32 Å². The maximum Gasteiger partial charge on any atom is 0.151 e. The van der Waals surface area contributed by atoms with Gasteiger partial charge in [0.2, 0.25) is 0 Å². The number of nitrogens with zero attached hydrogens (tertiary/aromatic N) is 2. The number of hydrogen-bond donors (Lipinski definition) is 1. The normalized spacial score (nSPS) is 21.3. The molecule has 1 N–H and O–H groups in total. The highest BCUT2D eigenvalue weighted by Crippen LogP contribution is 2.13. The van der Waals surface area contributed by atoms with Gasteiger partial charge in [0, 0.05) is 25.7 Å². The standard InChI is InChI=1S/C13H23N3O2/c1-3-12-9-16(5-6-17-12)10-13-7-11(15-18-13)8-14-4-2/h7,12,14H,3-6,8-10H2,1-2H3. The van der Waals surface area contributed by atoms with E-state index in [2.05, 4.69) is 29.2 Å². The van der Waals surface area contributed by atoms with Gasteiger partial charge in [0.05, 0.1) is 24.9 Å². The van der Waals surface area contributed by atoms with E-state index in [0.717, 1.165) is 57.2 Å². The zero-order valence-electron chi connectivity index (χ0n) is 11.3. The minimum Gasteiger partial charge on any atom is -0.376 e. The molecule has 0 aromatic carbocycles. The topological polar surface area (TPSA) is 50.5 Å². The summed E-state index contributed by atoms with van der Waals surface area (Å²) in [6.07, 6.45) is 1.43. The van der Waals surface area contributed by atoms with E-state index in [0.29, 0.717) is 6.10 Å². The van der Waals surface area contributed by atoms with Crippen LogP contribution in [0.4, 0.5) is 0 Å². The third-order valence-corrected chi connectivity index (χ3v) is 3.22. The van der Waals surface area contributed by atoms with Crippen LogP contribution in [0.3, 0.4) is 0 Å². The van der Waals surface area contributed by atoms with Gasteiger partial charge in [0.25, 0.3) is 0 Å². The molecule has 1 aromatic rings. The fourth-order valence-corrected chi connectivity index (χ4v) is 2.16. The Morgan fingerprint density at radius 1 is 1.50 bits per heavy atom. The third-order valence-electron chi connectivity index (χ3n) is 3.22. The molecule has 0 bridgehead atoms. The molecule has 5 nitrogen and oxygen atoms in total. The molecule has 1 atom stereocenters. The molecule has 1 unspecified atom stereocenters. The molecule has 0 saturated carbocycles. The molecule has 0 radical (unpaired) electrons. The van der Waals surface area contributed by atoms with Gasteiger partial charge in [0.15, 0.2) is 5.76 Å². The number of hydrogen-bond acceptors (Lipinski definition) is 5. The van der Waals surface area contributed by atoms with Crippen molar-refractivity contribution in [1.29, 1.82) is 0 Å². The van der Waals surface area contributed by atoms with Gasteiger partial charge in [-0.3, -0.25) is 4.90 Å². The third kappa shape index (κ3) is 3.80. The number of nitrogens with one attached hydrogen (secondary N) is 1. The first-order valence-corrected chi connectivity index (χ1v) is 6.81. The molecule has 2 heterocycles. The summed E-state index contributed by atoms with van der Waals surface area (Å²) in [7, 11) is 0. The maximum atomic E-state index is 5.66. The molecule has 0 amide bonds. The van der Waals surface area contributed by atoms with E-state index in [-0.39, 0.29) is 0 Å². The van der Waals surface area contributed by atoms with E-state index in [1.54, 1.807) is 0 Å². The Morgan fingerprint density at radius 3 is 3.17 bits per heavy atom. The first-order chi connectivity index (χ1) is 8.81. The van der Waals surface area contributed by atoms with Crippen molar-refractivity contribution in [2.75, 3.05) is 26.2 Å². The Kier molecular flexibility index (Phi) is 5.16. The molecule has 1 aliphatic heterocycles. The summed E-state index contributed by atoms with van der Waals surface area (Å²) in [6, 6.07) is 2.04. The summed E-state index contributed by atoms with van der Waals surface area (Å²) >= 11 is 0. The molecule has 1 aliphatic rings. The number of aromatic nitrogens is 1. The molecule has 2 rings (SSSR count). The summed E-state index contributed by atoms with van der Waals surface area (Å²) in [4.78, 5) is 2.37. The Labute approximate surface area is 108 Å². The van der Waals surface area contributed by atoms with Gasteiger partial charge in [-0.25, -0.2) is 0 Å². The lowest BCUT2D eigenvalue weighted by atomic mass is 10.2. The lowest BCUT2D eigenvalue weighted by Crippen LogP contribution is -2.41. The second-order valence-electron chi connectivity index (χ2n) is 4.70. The van der Waals surface area contributed by atoms with E-state index in [1.165, 1.54) is 0 Å². The molecule has 18 heavy (non-hydrogen) atoms. The van der Waals surface area contributed by atoms with Gasteiger partial charge in [0.1, 0.15) is 0 Å².